The van der Waals surface area contributed by atoms with Crippen LogP contribution in [-0.2, 0) is 0 Å². The van der Waals surface area contributed by atoms with Crippen LogP contribution in [-0.4, -0.2) is 5.78 Å². The molecule has 1 aliphatic carbocycles. The van der Waals surface area contributed by atoms with Gasteiger partial charge < -0.3 is 0 Å². The Morgan fingerprint density at radius 1 is 1.46 bits per heavy atom. The number of Topliss-reactive ketones (excluding diaryl/α,β-unsaturated/α-hetero) is 1. The van der Waals surface area contributed by atoms with E-state index in [4.69, 9.17) is 0 Å². The molecule has 1 atom stereocenters. The Morgan fingerprint density at radius 2 is 2.23 bits per heavy atom. The fraction of sp³-hybridized carbons (Fsp3) is 0.364. The van der Waals surface area contributed by atoms with Gasteiger partial charge in [0.15, 0.2) is 5.78 Å². The zero-order chi connectivity index (χ0) is 9.42. The number of carbonyl (C=O) groups excluding carboxylic acids is 1. The van der Waals surface area contributed by atoms with Gasteiger partial charge in [0.1, 0.15) is 5.82 Å². The van der Waals surface area contributed by atoms with Gasteiger partial charge >= 0.3 is 0 Å². The smallest absolute Gasteiger partial charge is 0.163 e. The van der Waals surface area contributed by atoms with E-state index in [2.05, 4.69) is 0 Å². The van der Waals surface area contributed by atoms with Crippen LogP contribution in [0.5, 0.6) is 0 Å². The highest BCUT2D eigenvalue weighted by molar-refractivity contribution is 5.98. The Bertz CT molecular complexity index is 357. The van der Waals surface area contributed by atoms with Crippen LogP contribution in [0.3, 0.4) is 0 Å². The maximum atomic E-state index is 13.3. The first-order chi connectivity index (χ1) is 6.20. The van der Waals surface area contributed by atoms with Crippen molar-refractivity contribution in [2.75, 3.05) is 0 Å². The van der Waals surface area contributed by atoms with Crippen molar-refractivity contribution in [1.29, 1.82) is 0 Å². The molecule has 0 aliphatic heterocycles. The van der Waals surface area contributed by atoms with Crippen LogP contribution >= 0.6 is 0 Å². The average molecular weight is 178 g/mol. The summed E-state index contributed by atoms with van der Waals surface area (Å²) in [6, 6.07) is 4.74. The standard InChI is InChI=1S/C11H11FO/c1-7-5-6-10(13)8-3-2-4-9(12)11(7)8/h2-4,7H,5-6H2,1H3. The summed E-state index contributed by atoms with van der Waals surface area (Å²) in [7, 11) is 0. The Balaban J connectivity index is 2.63. The lowest BCUT2D eigenvalue weighted by Crippen LogP contribution is -2.15. The van der Waals surface area contributed by atoms with E-state index in [-0.39, 0.29) is 17.5 Å². The van der Waals surface area contributed by atoms with E-state index < -0.39 is 0 Å². The van der Waals surface area contributed by atoms with Crippen LogP contribution in [0.25, 0.3) is 0 Å². The number of hydrogen-bond donors (Lipinski definition) is 0. The minimum atomic E-state index is -0.238. The zero-order valence-electron chi connectivity index (χ0n) is 7.51. The molecule has 1 aromatic carbocycles. The normalized spacial score (nSPS) is 21.4. The topological polar surface area (TPSA) is 17.1 Å². The first-order valence-electron chi connectivity index (χ1n) is 4.51. The second kappa shape index (κ2) is 2.95. The summed E-state index contributed by atoms with van der Waals surface area (Å²) < 4.78 is 13.3. The lowest BCUT2D eigenvalue weighted by Gasteiger charge is -2.21. The molecule has 2 rings (SSSR count). The molecule has 1 aliphatic rings. The summed E-state index contributed by atoms with van der Waals surface area (Å²) in [5, 5.41) is 0. The molecule has 1 aromatic rings. The number of fused-ring (bicyclic) bond motifs is 1. The maximum Gasteiger partial charge on any atom is 0.163 e. The van der Waals surface area contributed by atoms with Gasteiger partial charge in [-0.2, -0.15) is 0 Å². The van der Waals surface area contributed by atoms with Gasteiger partial charge in [-0.25, -0.2) is 4.39 Å². The van der Waals surface area contributed by atoms with Gasteiger partial charge in [-0.15, -0.1) is 0 Å². The molecular weight excluding hydrogens is 167 g/mol. The summed E-state index contributed by atoms with van der Waals surface area (Å²) in [4.78, 5) is 11.4. The average Bonchev–Trinajstić information content (AvgIpc) is 2.12. The van der Waals surface area contributed by atoms with E-state index in [9.17, 15) is 9.18 Å². The number of halogens is 1. The lowest BCUT2D eigenvalue weighted by molar-refractivity contribution is 0.0966. The number of rotatable bonds is 0. The second-order valence-corrected chi connectivity index (χ2v) is 3.56. The molecule has 68 valence electrons. The molecule has 0 bridgehead atoms. The van der Waals surface area contributed by atoms with Crippen molar-refractivity contribution < 1.29 is 9.18 Å². The summed E-state index contributed by atoms with van der Waals surface area (Å²) in [5.74, 6) is 0.0135. The van der Waals surface area contributed by atoms with Crippen molar-refractivity contribution >= 4 is 5.78 Å². The highest BCUT2D eigenvalue weighted by atomic mass is 19.1. The van der Waals surface area contributed by atoms with Gasteiger partial charge in [0.25, 0.3) is 0 Å². The molecule has 0 fully saturated rings. The Hall–Kier alpha value is -1.18. The number of carbonyl (C=O) groups is 1. The van der Waals surface area contributed by atoms with E-state index in [1.807, 2.05) is 6.92 Å². The zero-order valence-corrected chi connectivity index (χ0v) is 7.51. The molecular formula is C11H11FO. The largest absolute Gasteiger partial charge is 0.294 e. The molecule has 1 unspecified atom stereocenters. The Labute approximate surface area is 76.6 Å². The highest BCUT2D eigenvalue weighted by Gasteiger charge is 2.24. The fourth-order valence-electron chi connectivity index (χ4n) is 1.91. The van der Waals surface area contributed by atoms with Crippen LogP contribution in [0.15, 0.2) is 18.2 Å². The summed E-state index contributed by atoms with van der Waals surface area (Å²) in [5.41, 5.74) is 1.19. The SMILES string of the molecule is CC1CCC(=O)c2cccc(F)c21. The van der Waals surface area contributed by atoms with E-state index in [1.165, 1.54) is 6.07 Å². The minimum absolute atomic E-state index is 0.0765. The molecule has 0 amide bonds. The molecule has 1 nitrogen and oxygen atoms in total. The third-order valence-electron chi connectivity index (χ3n) is 2.65. The van der Waals surface area contributed by atoms with Crippen molar-refractivity contribution in [2.24, 2.45) is 0 Å². The van der Waals surface area contributed by atoms with Gasteiger partial charge in [0, 0.05) is 17.5 Å². The second-order valence-electron chi connectivity index (χ2n) is 3.56. The van der Waals surface area contributed by atoms with Crippen LogP contribution in [0.4, 0.5) is 4.39 Å². The highest BCUT2D eigenvalue weighted by Crippen LogP contribution is 2.32. The van der Waals surface area contributed by atoms with E-state index in [1.54, 1.807) is 12.1 Å². The van der Waals surface area contributed by atoms with Gasteiger partial charge in [-0.3, -0.25) is 4.79 Å². The van der Waals surface area contributed by atoms with Crippen molar-refractivity contribution in [1.82, 2.24) is 0 Å². The lowest BCUT2D eigenvalue weighted by atomic mass is 9.83. The molecule has 0 aromatic heterocycles. The van der Waals surface area contributed by atoms with Crippen LogP contribution in [0, 0.1) is 5.82 Å². The summed E-state index contributed by atoms with van der Waals surface area (Å²) in [6.45, 7) is 1.97. The molecule has 0 N–H and O–H groups in total. The van der Waals surface area contributed by atoms with Crippen LogP contribution in [0.2, 0.25) is 0 Å². The van der Waals surface area contributed by atoms with Crippen molar-refractivity contribution in [3.05, 3.63) is 35.1 Å². The first-order valence-corrected chi connectivity index (χ1v) is 4.51. The van der Waals surface area contributed by atoms with Gasteiger partial charge in [0.05, 0.1) is 0 Å². The van der Waals surface area contributed by atoms with Gasteiger partial charge in [0.2, 0.25) is 0 Å². The van der Waals surface area contributed by atoms with E-state index in [0.717, 1.165) is 6.42 Å². The summed E-state index contributed by atoms with van der Waals surface area (Å²) in [6.07, 6.45) is 1.32. The number of hydrogen-bond acceptors (Lipinski definition) is 1. The van der Waals surface area contributed by atoms with Gasteiger partial charge in [-0.05, 0) is 18.4 Å². The predicted molar refractivity (Wildman–Crippen MR) is 48.4 cm³/mol. The van der Waals surface area contributed by atoms with E-state index >= 15 is 0 Å². The number of benzene rings is 1. The fourth-order valence-corrected chi connectivity index (χ4v) is 1.91. The third-order valence-corrected chi connectivity index (χ3v) is 2.65. The summed E-state index contributed by atoms with van der Waals surface area (Å²) >= 11 is 0. The predicted octanol–water partition coefficient (Wildman–Crippen LogP) is 2.91. The maximum absolute atomic E-state index is 13.3. The molecule has 0 heterocycles. The van der Waals surface area contributed by atoms with Crippen molar-refractivity contribution in [3.8, 4) is 0 Å². The molecule has 0 saturated heterocycles. The van der Waals surface area contributed by atoms with Crippen LogP contribution in [0.1, 0.15) is 41.6 Å². The van der Waals surface area contributed by atoms with Crippen LogP contribution < -0.4 is 0 Å². The van der Waals surface area contributed by atoms with Gasteiger partial charge in [-0.1, -0.05) is 19.1 Å². The van der Waals surface area contributed by atoms with E-state index in [0.29, 0.717) is 17.5 Å². The molecule has 0 saturated carbocycles. The molecule has 13 heavy (non-hydrogen) atoms. The van der Waals surface area contributed by atoms with Crippen molar-refractivity contribution in [3.63, 3.8) is 0 Å². The monoisotopic (exact) mass is 178 g/mol. The molecule has 2 heteroatoms. The number of ketones is 1. The Morgan fingerprint density at radius 3 is 2.92 bits per heavy atom. The molecule has 0 radical (unpaired) electrons. The molecule has 0 spiro atoms. The Kier molecular flexibility index (Phi) is 1.91. The quantitative estimate of drug-likeness (QED) is 0.597. The third kappa shape index (κ3) is 1.26. The van der Waals surface area contributed by atoms with Crippen molar-refractivity contribution in [2.45, 2.75) is 25.7 Å². The minimum Gasteiger partial charge on any atom is -0.294 e. The first kappa shape index (κ1) is 8.42.